The second-order valence-corrected chi connectivity index (χ2v) is 4.26. The molecule has 0 aliphatic rings. The van der Waals surface area contributed by atoms with Crippen LogP contribution in [0.25, 0.3) is 0 Å². The first kappa shape index (κ1) is 12.3. The third-order valence-electron chi connectivity index (χ3n) is 2.61. The third-order valence-corrected chi connectivity index (χ3v) is 2.87. The van der Waals surface area contributed by atoms with E-state index in [2.05, 4.69) is 26.0 Å². The van der Waals surface area contributed by atoms with Gasteiger partial charge in [-0.15, -0.1) is 11.6 Å². The van der Waals surface area contributed by atoms with Crippen LogP contribution in [0.15, 0.2) is 18.2 Å². The number of Topliss-reactive ketones (excluding diaryl/α,β-unsaturated/α-hetero) is 1. The maximum Gasteiger partial charge on any atom is 0.137 e. The SMILES string of the molecule is Cc1cccc(C)c1CC(=O)CCCCl. The van der Waals surface area contributed by atoms with Crippen molar-refractivity contribution in [2.24, 2.45) is 0 Å². The van der Waals surface area contributed by atoms with Crippen molar-refractivity contribution >= 4 is 17.4 Å². The van der Waals surface area contributed by atoms with Gasteiger partial charge in [0.25, 0.3) is 0 Å². The van der Waals surface area contributed by atoms with Crippen molar-refractivity contribution < 1.29 is 4.79 Å². The van der Waals surface area contributed by atoms with Gasteiger partial charge in [-0.3, -0.25) is 4.79 Å². The number of carbonyl (C=O) groups is 1. The van der Waals surface area contributed by atoms with Crippen LogP contribution in [0.5, 0.6) is 0 Å². The molecule has 1 rings (SSSR count). The van der Waals surface area contributed by atoms with E-state index < -0.39 is 0 Å². The Hall–Kier alpha value is -0.820. The van der Waals surface area contributed by atoms with Crippen LogP contribution in [0.1, 0.15) is 29.5 Å². The number of halogens is 1. The minimum Gasteiger partial charge on any atom is -0.299 e. The maximum absolute atomic E-state index is 11.6. The Bertz CT molecular complexity index is 324. The zero-order chi connectivity index (χ0) is 11.3. The van der Waals surface area contributed by atoms with E-state index in [0.29, 0.717) is 18.7 Å². The zero-order valence-electron chi connectivity index (χ0n) is 9.35. The highest BCUT2D eigenvalue weighted by Crippen LogP contribution is 2.15. The van der Waals surface area contributed by atoms with E-state index in [1.54, 1.807) is 0 Å². The van der Waals surface area contributed by atoms with Crippen molar-refractivity contribution in [2.75, 3.05) is 5.88 Å². The molecule has 0 spiro atoms. The van der Waals surface area contributed by atoms with Gasteiger partial charge in [-0.2, -0.15) is 0 Å². The van der Waals surface area contributed by atoms with Crippen molar-refractivity contribution in [3.05, 3.63) is 34.9 Å². The molecule has 0 aliphatic heterocycles. The lowest BCUT2D eigenvalue weighted by atomic mass is 9.97. The first-order valence-electron chi connectivity index (χ1n) is 5.28. The molecule has 2 heteroatoms. The van der Waals surface area contributed by atoms with E-state index in [1.807, 2.05) is 6.07 Å². The Morgan fingerprint density at radius 1 is 1.27 bits per heavy atom. The number of alkyl halides is 1. The molecule has 1 aromatic rings. The highest BCUT2D eigenvalue weighted by atomic mass is 35.5. The Morgan fingerprint density at radius 2 is 1.87 bits per heavy atom. The van der Waals surface area contributed by atoms with Gasteiger partial charge in [-0.05, 0) is 37.0 Å². The van der Waals surface area contributed by atoms with E-state index in [0.717, 1.165) is 6.42 Å². The second kappa shape index (κ2) is 5.92. The molecule has 0 saturated carbocycles. The van der Waals surface area contributed by atoms with Gasteiger partial charge in [0.15, 0.2) is 0 Å². The van der Waals surface area contributed by atoms with Crippen LogP contribution in [0.4, 0.5) is 0 Å². The number of rotatable bonds is 5. The fraction of sp³-hybridized carbons (Fsp3) is 0.462. The number of hydrogen-bond acceptors (Lipinski definition) is 1. The lowest BCUT2D eigenvalue weighted by Crippen LogP contribution is -2.05. The largest absolute Gasteiger partial charge is 0.299 e. The standard InChI is InChI=1S/C13H17ClO/c1-10-5-3-6-11(2)13(10)9-12(15)7-4-8-14/h3,5-6H,4,7-9H2,1-2H3. The summed E-state index contributed by atoms with van der Waals surface area (Å²) in [7, 11) is 0. The van der Waals surface area contributed by atoms with Gasteiger partial charge in [0.1, 0.15) is 5.78 Å². The van der Waals surface area contributed by atoms with E-state index in [-0.39, 0.29) is 5.78 Å². The Morgan fingerprint density at radius 3 is 2.40 bits per heavy atom. The molecular weight excluding hydrogens is 208 g/mol. The molecule has 1 nitrogen and oxygen atoms in total. The molecule has 0 N–H and O–H groups in total. The highest BCUT2D eigenvalue weighted by Gasteiger charge is 2.07. The summed E-state index contributed by atoms with van der Waals surface area (Å²) in [6, 6.07) is 6.13. The topological polar surface area (TPSA) is 17.1 Å². The lowest BCUT2D eigenvalue weighted by Gasteiger charge is -2.08. The molecule has 0 atom stereocenters. The number of aryl methyl sites for hydroxylation is 2. The highest BCUT2D eigenvalue weighted by molar-refractivity contribution is 6.17. The molecule has 1 aromatic carbocycles. The second-order valence-electron chi connectivity index (χ2n) is 3.88. The van der Waals surface area contributed by atoms with Crippen LogP contribution in [-0.4, -0.2) is 11.7 Å². The molecule has 0 aliphatic carbocycles. The minimum absolute atomic E-state index is 0.285. The maximum atomic E-state index is 11.6. The summed E-state index contributed by atoms with van der Waals surface area (Å²) in [6.45, 7) is 4.11. The minimum atomic E-state index is 0.285. The summed E-state index contributed by atoms with van der Waals surface area (Å²) < 4.78 is 0. The summed E-state index contributed by atoms with van der Waals surface area (Å²) in [5, 5.41) is 0. The van der Waals surface area contributed by atoms with Gasteiger partial charge in [-0.25, -0.2) is 0 Å². The van der Waals surface area contributed by atoms with Crippen LogP contribution >= 0.6 is 11.6 Å². The van der Waals surface area contributed by atoms with Crippen molar-refractivity contribution in [3.63, 3.8) is 0 Å². The van der Waals surface area contributed by atoms with E-state index in [9.17, 15) is 4.79 Å². The van der Waals surface area contributed by atoms with Crippen molar-refractivity contribution in [2.45, 2.75) is 33.1 Å². The van der Waals surface area contributed by atoms with Crippen LogP contribution < -0.4 is 0 Å². The molecule has 0 bridgehead atoms. The first-order chi connectivity index (χ1) is 7.15. The summed E-state index contributed by atoms with van der Waals surface area (Å²) >= 11 is 5.56. The normalized spacial score (nSPS) is 10.3. The van der Waals surface area contributed by atoms with Gasteiger partial charge in [0.05, 0.1) is 0 Å². The molecule has 0 aromatic heterocycles. The van der Waals surface area contributed by atoms with Crippen LogP contribution in [0, 0.1) is 13.8 Å². The molecule has 15 heavy (non-hydrogen) atoms. The third kappa shape index (κ3) is 3.67. The fourth-order valence-electron chi connectivity index (χ4n) is 1.68. The zero-order valence-corrected chi connectivity index (χ0v) is 10.1. The van der Waals surface area contributed by atoms with Gasteiger partial charge in [0, 0.05) is 18.7 Å². The predicted octanol–water partition coefficient (Wildman–Crippen LogP) is 3.43. The average Bonchev–Trinajstić information content (AvgIpc) is 2.21. The van der Waals surface area contributed by atoms with E-state index >= 15 is 0 Å². The van der Waals surface area contributed by atoms with Gasteiger partial charge in [-0.1, -0.05) is 18.2 Å². The molecular formula is C13H17ClO. The molecule has 0 radical (unpaired) electrons. The number of ketones is 1. The summed E-state index contributed by atoms with van der Waals surface area (Å²) in [6.07, 6.45) is 1.93. The Balaban J connectivity index is 2.68. The van der Waals surface area contributed by atoms with Crippen LogP contribution in [0.3, 0.4) is 0 Å². The molecule has 0 amide bonds. The smallest absolute Gasteiger partial charge is 0.137 e. The molecule has 0 unspecified atom stereocenters. The lowest BCUT2D eigenvalue weighted by molar-refractivity contribution is -0.118. The summed E-state index contributed by atoms with van der Waals surface area (Å²) in [4.78, 5) is 11.6. The fourth-order valence-corrected chi connectivity index (χ4v) is 1.81. The van der Waals surface area contributed by atoms with E-state index in [4.69, 9.17) is 11.6 Å². The van der Waals surface area contributed by atoms with Crippen molar-refractivity contribution in [3.8, 4) is 0 Å². The van der Waals surface area contributed by atoms with Crippen LogP contribution in [0.2, 0.25) is 0 Å². The average molecular weight is 225 g/mol. The Kier molecular flexibility index (Phi) is 4.83. The van der Waals surface area contributed by atoms with E-state index in [1.165, 1.54) is 16.7 Å². The van der Waals surface area contributed by atoms with Crippen LogP contribution in [-0.2, 0) is 11.2 Å². The Labute approximate surface area is 96.5 Å². The predicted molar refractivity (Wildman–Crippen MR) is 64.6 cm³/mol. The summed E-state index contributed by atoms with van der Waals surface area (Å²) in [5.74, 6) is 0.853. The van der Waals surface area contributed by atoms with Gasteiger partial charge in [0.2, 0.25) is 0 Å². The van der Waals surface area contributed by atoms with Gasteiger partial charge < -0.3 is 0 Å². The monoisotopic (exact) mass is 224 g/mol. The van der Waals surface area contributed by atoms with Crippen molar-refractivity contribution in [1.29, 1.82) is 0 Å². The number of hydrogen-bond donors (Lipinski definition) is 0. The van der Waals surface area contributed by atoms with Crippen molar-refractivity contribution in [1.82, 2.24) is 0 Å². The number of carbonyl (C=O) groups excluding carboxylic acids is 1. The number of benzene rings is 1. The molecule has 0 fully saturated rings. The van der Waals surface area contributed by atoms with Gasteiger partial charge >= 0.3 is 0 Å². The molecule has 0 saturated heterocycles. The summed E-state index contributed by atoms with van der Waals surface area (Å²) in [5.41, 5.74) is 3.58. The molecule has 0 heterocycles. The molecule has 82 valence electrons. The first-order valence-corrected chi connectivity index (χ1v) is 5.81. The quantitative estimate of drug-likeness (QED) is 0.701.